The summed E-state index contributed by atoms with van der Waals surface area (Å²) in [4.78, 5) is 0. The number of benzene rings is 1. The lowest BCUT2D eigenvalue weighted by Crippen LogP contribution is -2.18. The van der Waals surface area contributed by atoms with Crippen LogP contribution in [0.4, 0.5) is 4.39 Å². The number of methoxy groups -OCH3 is 2. The van der Waals surface area contributed by atoms with Gasteiger partial charge in [-0.3, -0.25) is 0 Å². The molecule has 17 heavy (non-hydrogen) atoms. The Morgan fingerprint density at radius 3 is 2.59 bits per heavy atom. The van der Waals surface area contributed by atoms with Gasteiger partial charge in [0.15, 0.2) is 17.3 Å². The summed E-state index contributed by atoms with van der Waals surface area (Å²) in [7, 11) is 4.45. The summed E-state index contributed by atoms with van der Waals surface area (Å²) in [6, 6.07) is 1.57. The zero-order chi connectivity index (χ0) is 13.0. The maximum absolute atomic E-state index is 14.1. The van der Waals surface area contributed by atoms with E-state index >= 15 is 0 Å². The van der Waals surface area contributed by atoms with Crippen molar-refractivity contribution in [2.75, 3.05) is 27.8 Å². The first kappa shape index (κ1) is 14.2. The number of likely N-dealkylation sites (N-methyl/N-ethyl adjacent to an activating group) is 1. The third kappa shape index (κ3) is 2.88. The molecule has 0 fully saturated rings. The number of ether oxygens (including phenoxy) is 2. The van der Waals surface area contributed by atoms with Gasteiger partial charge in [0.1, 0.15) is 0 Å². The Balaban J connectivity index is 3.31. The second-order valence-electron chi connectivity index (χ2n) is 3.40. The Morgan fingerprint density at radius 1 is 1.47 bits per heavy atom. The highest BCUT2D eigenvalue weighted by molar-refractivity contribution is 9.10. The second-order valence-corrected chi connectivity index (χ2v) is 4.25. The first-order chi connectivity index (χ1) is 8.06. The largest absolute Gasteiger partial charge is 0.493 e. The minimum atomic E-state index is -0.964. The van der Waals surface area contributed by atoms with Gasteiger partial charge in [0.25, 0.3) is 0 Å². The van der Waals surface area contributed by atoms with Crippen molar-refractivity contribution in [3.05, 3.63) is 21.9 Å². The van der Waals surface area contributed by atoms with Gasteiger partial charge < -0.3 is 19.9 Å². The molecule has 1 rings (SSSR count). The van der Waals surface area contributed by atoms with E-state index in [0.29, 0.717) is 4.47 Å². The van der Waals surface area contributed by atoms with Crippen LogP contribution in [0.5, 0.6) is 11.5 Å². The Hall–Kier alpha value is -0.850. The molecular formula is C11H15BrFNO3. The number of halogens is 2. The standard InChI is InChI=1S/C11H15BrFNO3/c1-14-5-7(15)9-6(12)4-8(16-2)11(17-3)10(9)13/h4,7,14-15H,5H2,1-3H3. The lowest BCUT2D eigenvalue weighted by Gasteiger charge is -2.17. The fourth-order valence-electron chi connectivity index (χ4n) is 1.54. The molecule has 2 N–H and O–H groups in total. The third-order valence-corrected chi connectivity index (χ3v) is 2.99. The molecule has 0 spiro atoms. The molecule has 0 aliphatic rings. The van der Waals surface area contributed by atoms with Crippen LogP contribution in [0, 0.1) is 5.82 Å². The lowest BCUT2D eigenvalue weighted by molar-refractivity contribution is 0.170. The van der Waals surface area contributed by atoms with Gasteiger partial charge in [-0.1, -0.05) is 15.9 Å². The zero-order valence-electron chi connectivity index (χ0n) is 9.88. The van der Waals surface area contributed by atoms with Crippen LogP contribution in [0.1, 0.15) is 11.7 Å². The van der Waals surface area contributed by atoms with Crippen LogP contribution in [0.25, 0.3) is 0 Å². The molecule has 1 aromatic carbocycles. The summed E-state index contributed by atoms with van der Waals surface area (Å²) >= 11 is 3.21. The SMILES string of the molecule is CNCC(O)c1c(Br)cc(OC)c(OC)c1F. The molecule has 0 aliphatic heterocycles. The summed E-state index contributed by atoms with van der Waals surface area (Å²) in [5.41, 5.74) is 0.150. The third-order valence-electron chi connectivity index (χ3n) is 2.33. The van der Waals surface area contributed by atoms with E-state index in [9.17, 15) is 9.50 Å². The molecule has 0 saturated heterocycles. The molecule has 1 unspecified atom stereocenters. The fourth-order valence-corrected chi connectivity index (χ4v) is 2.18. The van der Waals surface area contributed by atoms with E-state index in [0.717, 1.165) is 0 Å². The molecule has 1 atom stereocenters. The molecule has 0 radical (unpaired) electrons. The monoisotopic (exact) mass is 307 g/mol. The molecule has 6 heteroatoms. The average Bonchev–Trinajstić information content (AvgIpc) is 2.28. The number of hydrogen-bond donors (Lipinski definition) is 2. The van der Waals surface area contributed by atoms with E-state index in [1.165, 1.54) is 14.2 Å². The molecule has 0 heterocycles. The Bertz CT molecular complexity index is 401. The molecule has 0 aromatic heterocycles. The minimum absolute atomic E-state index is 0.0131. The van der Waals surface area contributed by atoms with E-state index in [1.807, 2.05) is 0 Å². The highest BCUT2D eigenvalue weighted by atomic mass is 79.9. The topological polar surface area (TPSA) is 50.7 Å². The molecule has 0 aliphatic carbocycles. The number of nitrogens with one attached hydrogen (secondary N) is 1. The lowest BCUT2D eigenvalue weighted by atomic mass is 10.1. The maximum Gasteiger partial charge on any atom is 0.197 e. The van der Waals surface area contributed by atoms with Gasteiger partial charge in [0.2, 0.25) is 0 Å². The molecule has 4 nitrogen and oxygen atoms in total. The predicted molar refractivity (Wildman–Crippen MR) is 66.1 cm³/mol. The van der Waals surface area contributed by atoms with Crippen LogP contribution in [-0.4, -0.2) is 32.9 Å². The second kappa shape index (κ2) is 6.18. The Labute approximate surface area is 108 Å². The Kier molecular flexibility index (Phi) is 5.17. The highest BCUT2D eigenvalue weighted by Crippen LogP contribution is 2.39. The number of hydrogen-bond acceptors (Lipinski definition) is 4. The van der Waals surface area contributed by atoms with Crippen molar-refractivity contribution in [1.82, 2.24) is 5.32 Å². The zero-order valence-corrected chi connectivity index (χ0v) is 11.5. The molecule has 96 valence electrons. The number of rotatable bonds is 5. The van der Waals surface area contributed by atoms with Crippen LogP contribution >= 0.6 is 15.9 Å². The van der Waals surface area contributed by atoms with Gasteiger partial charge in [0, 0.05) is 16.6 Å². The van der Waals surface area contributed by atoms with E-state index in [1.54, 1.807) is 13.1 Å². The van der Waals surface area contributed by atoms with Crippen molar-refractivity contribution in [3.63, 3.8) is 0 Å². The van der Waals surface area contributed by atoms with E-state index in [-0.39, 0.29) is 23.6 Å². The quantitative estimate of drug-likeness (QED) is 0.872. The first-order valence-corrected chi connectivity index (χ1v) is 5.78. The van der Waals surface area contributed by atoms with E-state index in [2.05, 4.69) is 21.2 Å². The van der Waals surface area contributed by atoms with Gasteiger partial charge in [-0.15, -0.1) is 0 Å². The molecule has 1 aromatic rings. The van der Waals surface area contributed by atoms with E-state index < -0.39 is 11.9 Å². The average molecular weight is 308 g/mol. The summed E-state index contributed by atoms with van der Waals surface area (Å²) in [5.74, 6) is -0.361. The maximum atomic E-state index is 14.1. The Morgan fingerprint density at radius 2 is 2.12 bits per heavy atom. The van der Waals surface area contributed by atoms with Crippen molar-refractivity contribution in [2.24, 2.45) is 0 Å². The normalized spacial score (nSPS) is 12.4. The smallest absolute Gasteiger partial charge is 0.197 e. The highest BCUT2D eigenvalue weighted by Gasteiger charge is 2.23. The summed E-state index contributed by atoms with van der Waals surface area (Å²) < 4.78 is 24.5. The van der Waals surface area contributed by atoms with Gasteiger partial charge in [-0.25, -0.2) is 4.39 Å². The first-order valence-electron chi connectivity index (χ1n) is 4.99. The molecule has 0 bridgehead atoms. The molecule has 0 amide bonds. The van der Waals surface area contributed by atoms with Gasteiger partial charge in [-0.2, -0.15) is 0 Å². The van der Waals surface area contributed by atoms with Crippen LogP contribution in [-0.2, 0) is 0 Å². The minimum Gasteiger partial charge on any atom is -0.493 e. The summed E-state index contributed by atoms with van der Waals surface area (Å²) in [6.45, 7) is 0.241. The van der Waals surface area contributed by atoms with Crippen molar-refractivity contribution in [1.29, 1.82) is 0 Å². The molecular weight excluding hydrogens is 293 g/mol. The van der Waals surface area contributed by atoms with Crippen molar-refractivity contribution >= 4 is 15.9 Å². The van der Waals surface area contributed by atoms with Crippen molar-refractivity contribution in [3.8, 4) is 11.5 Å². The number of aliphatic hydroxyl groups excluding tert-OH is 1. The van der Waals surface area contributed by atoms with Crippen LogP contribution < -0.4 is 14.8 Å². The summed E-state index contributed by atoms with van der Waals surface area (Å²) in [6.07, 6.45) is -0.964. The van der Waals surface area contributed by atoms with Gasteiger partial charge in [-0.05, 0) is 13.1 Å². The van der Waals surface area contributed by atoms with Crippen LogP contribution in [0.3, 0.4) is 0 Å². The summed E-state index contributed by atoms with van der Waals surface area (Å²) in [5, 5.41) is 12.6. The van der Waals surface area contributed by atoms with Crippen molar-refractivity contribution in [2.45, 2.75) is 6.10 Å². The van der Waals surface area contributed by atoms with Crippen LogP contribution in [0.15, 0.2) is 10.5 Å². The van der Waals surface area contributed by atoms with Crippen molar-refractivity contribution < 1.29 is 19.0 Å². The van der Waals surface area contributed by atoms with E-state index in [4.69, 9.17) is 9.47 Å². The number of aliphatic hydroxyl groups is 1. The predicted octanol–water partition coefficient (Wildman–Crippen LogP) is 1.86. The van der Waals surface area contributed by atoms with Gasteiger partial charge in [0.05, 0.1) is 20.3 Å². The molecule has 0 saturated carbocycles. The van der Waals surface area contributed by atoms with Gasteiger partial charge >= 0.3 is 0 Å². The fraction of sp³-hybridized carbons (Fsp3) is 0.455. The van der Waals surface area contributed by atoms with Crippen LogP contribution in [0.2, 0.25) is 0 Å².